The van der Waals surface area contributed by atoms with Gasteiger partial charge in [0.05, 0.1) is 5.16 Å². The summed E-state index contributed by atoms with van der Waals surface area (Å²) >= 11 is 4.49. The molecule has 3 aromatic carbocycles. The number of hydrogen-bond donors (Lipinski definition) is 0. The highest BCUT2D eigenvalue weighted by molar-refractivity contribution is 7.78. The van der Waals surface area contributed by atoms with E-state index in [1.54, 1.807) is 25.1 Å². The number of allylic oxidation sites excluding steroid dienone is 1. The average molecular weight is 377 g/mol. The summed E-state index contributed by atoms with van der Waals surface area (Å²) in [7, 11) is 0. The highest BCUT2D eigenvalue weighted by atomic mass is 32.1. The van der Waals surface area contributed by atoms with Gasteiger partial charge in [-0.2, -0.15) is 4.99 Å². The number of aryl methyl sites for hydroxylation is 1. The molecule has 4 heteroatoms. The Morgan fingerprint density at radius 1 is 0.926 bits per heavy atom. The maximum Gasteiger partial charge on any atom is 0.150 e. The van der Waals surface area contributed by atoms with E-state index in [4.69, 9.17) is 0 Å². The lowest BCUT2D eigenvalue weighted by Crippen LogP contribution is -1.89. The molecule has 3 aromatic rings. The van der Waals surface area contributed by atoms with Gasteiger partial charge in [-0.25, -0.2) is 8.78 Å². The minimum atomic E-state index is -0.496. The fraction of sp³-hybridized carbons (Fsp3) is 0.0870. The summed E-state index contributed by atoms with van der Waals surface area (Å²) in [6.45, 7) is 3.81. The van der Waals surface area contributed by atoms with Gasteiger partial charge in [0.1, 0.15) is 17.3 Å². The molecule has 1 nitrogen and oxygen atoms in total. The lowest BCUT2D eigenvalue weighted by Gasteiger charge is -2.08. The number of thiocarbonyl (C=S) groups is 1. The fourth-order valence-corrected chi connectivity index (χ4v) is 2.94. The van der Waals surface area contributed by atoms with E-state index in [-0.39, 0.29) is 11.5 Å². The number of isothiocyanates is 1. The van der Waals surface area contributed by atoms with Crippen molar-refractivity contribution in [2.45, 2.75) is 13.8 Å². The molecule has 0 atom stereocenters. The molecule has 0 heterocycles. The van der Waals surface area contributed by atoms with Gasteiger partial charge in [-0.05, 0) is 66.5 Å². The predicted octanol–water partition coefficient (Wildman–Crippen LogP) is 7.24. The Bertz CT molecular complexity index is 1060. The molecule has 0 aliphatic heterocycles. The zero-order valence-corrected chi connectivity index (χ0v) is 15.8. The molecule has 0 fully saturated rings. The molecule has 0 N–H and O–H groups in total. The van der Waals surface area contributed by atoms with Crippen LogP contribution in [0.3, 0.4) is 0 Å². The highest BCUT2D eigenvalue weighted by Gasteiger charge is 2.08. The standard InChI is InChI=1S/C23H17F2NS/c1-15-3-6-18(7-4-15)19-8-9-20(21(24)13-19)16(2)11-17-5-10-23(26-14-27)22(25)12-17/h3-13H,1-2H3. The topological polar surface area (TPSA) is 12.4 Å². The highest BCUT2D eigenvalue weighted by Crippen LogP contribution is 2.27. The van der Waals surface area contributed by atoms with Gasteiger partial charge in [-0.1, -0.05) is 54.1 Å². The zero-order valence-electron chi connectivity index (χ0n) is 15.0. The molecular weight excluding hydrogens is 360 g/mol. The van der Waals surface area contributed by atoms with Crippen LogP contribution in [-0.2, 0) is 0 Å². The average Bonchev–Trinajstić information content (AvgIpc) is 2.64. The summed E-state index contributed by atoms with van der Waals surface area (Å²) in [5.41, 5.74) is 4.87. The van der Waals surface area contributed by atoms with Gasteiger partial charge in [0.2, 0.25) is 0 Å². The van der Waals surface area contributed by atoms with E-state index in [1.807, 2.05) is 37.3 Å². The van der Waals surface area contributed by atoms with Crippen LogP contribution >= 0.6 is 12.2 Å². The lowest BCUT2D eigenvalue weighted by atomic mass is 9.98. The minimum absolute atomic E-state index is 0.133. The van der Waals surface area contributed by atoms with E-state index in [1.165, 1.54) is 18.2 Å². The molecule has 0 saturated carbocycles. The molecule has 27 heavy (non-hydrogen) atoms. The summed E-state index contributed by atoms with van der Waals surface area (Å²) in [6, 6.07) is 17.7. The number of hydrogen-bond acceptors (Lipinski definition) is 2. The molecule has 0 aliphatic rings. The molecule has 0 amide bonds. The van der Waals surface area contributed by atoms with Gasteiger partial charge in [-0.3, -0.25) is 0 Å². The van der Waals surface area contributed by atoms with E-state index >= 15 is 0 Å². The number of benzene rings is 3. The van der Waals surface area contributed by atoms with Crippen LogP contribution in [0.15, 0.2) is 65.7 Å². The van der Waals surface area contributed by atoms with Crippen LogP contribution in [0.4, 0.5) is 14.5 Å². The summed E-state index contributed by atoms with van der Waals surface area (Å²) < 4.78 is 28.6. The number of aliphatic imine (C=N–C) groups is 1. The molecule has 0 saturated heterocycles. The molecule has 0 unspecified atom stereocenters. The van der Waals surface area contributed by atoms with E-state index in [2.05, 4.69) is 22.4 Å². The summed E-state index contributed by atoms with van der Waals surface area (Å²) in [5.74, 6) is -0.812. The molecule has 134 valence electrons. The third kappa shape index (κ3) is 4.43. The lowest BCUT2D eigenvalue weighted by molar-refractivity contribution is 0.624. The van der Waals surface area contributed by atoms with Crippen molar-refractivity contribution in [3.63, 3.8) is 0 Å². The first-order valence-corrected chi connectivity index (χ1v) is 8.81. The monoisotopic (exact) mass is 377 g/mol. The van der Waals surface area contributed by atoms with Crippen LogP contribution in [0.25, 0.3) is 22.8 Å². The van der Waals surface area contributed by atoms with E-state index in [9.17, 15) is 8.78 Å². The van der Waals surface area contributed by atoms with Crippen molar-refractivity contribution in [1.29, 1.82) is 0 Å². The largest absolute Gasteiger partial charge is 0.206 e. The van der Waals surface area contributed by atoms with Crippen molar-refractivity contribution >= 4 is 34.7 Å². The maximum atomic E-state index is 14.7. The molecule has 0 aliphatic carbocycles. The smallest absolute Gasteiger partial charge is 0.150 e. The summed E-state index contributed by atoms with van der Waals surface area (Å²) in [6.07, 6.45) is 1.73. The Balaban J connectivity index is 1.91. The second kappa shape index (κ2) is 8.17. The summed E-state index contributed by atoms with van der Waals surface area (Å²) in [5, 5.41) is 2.14. The first-order valence-electron chi connectivity index (χ1n) is 8.40. The fourth-order valence-electron chi connectivity index (χ4n) is 2.84. The Hall–Kier alpha value is -2.94. The van der Waals surface area contributed by atoms with Crippen molar-refractivity contribution in [3.05, 3.63) is 89.0 Å². The quantitative estimate of drug-likeness (QED) is 0.265. The van der Waals surface area contributed by atoms with Crippen molar-refractivity contribution in [2.24, 2.45) is 4.99 Å². The number of nitrogens with zero attached hydrogens (tertiary/aromatic N) is 1. The van der Waals surface area contributed by atoms with E-state index < -0.39 is 5.82 Å². The summed E-state index contributed by atoms with van der Waals surface area (Å²) in [4.78, 5) is 3.65. The SMILES string of the molecule is CC(=Cc1ccc(N=C=S)c(F)c1)c1ccc(-c2ccc(C)cc2)cc1F. The van der Waals surface area contributed by atoms with Gasteiger partial charge in [0.15, 0.2) is 0 Å². The zero-order chi connectivity index (χ0) is 19.4. The first kappa shape index (κ1) is 18.8. The van der Waals surface area contributed by atoms with Gasteiger partial charge >= 0.3 is 0 Å². The van der Waals surface area contributed by atoms with Crippen molar-refractivity contribution < 1.29 is 8.78 Å². The Labute approximate surface area is 162 Å². The first-order chi connectivity index (χ1) is 13.0. The second-order valence-corrected chi connectivity index (χ2v) is 6.48. The van der Waals surface area contributed by atoms with Crippen LogP contribution in [0, 0.1) is 18.6 Å². The minimum Gasteiger partial charge on any atom is -0.206 e. The molecule has 0 bridgehead atoms. The molecule has 3 rings (SSSR count). The maximum absolute atomic E-state index is 14.7. The van der Waals surface area contributed by atoms with Crippen LogP contribution in [0.5, 0.6) is 0 Å². The van der Waals surface area contributed by atoms with Crippen molar-refractivity contribution in [3.8, 4) is 11.1 Å². The molecule has 0 aromatic heterocycles. The van der Waals surface area contributed by atoms with Crippen LogP contribution in [-0.4, -0.2) is 5.16 Å². The molecule has 0 spiro atoms. The number of halogens is 2. The normalized spacial score (nSPS) is 11.2. The third-order valence-electron chi connectivity index (χ3n) is 4.30. The predicted molar refractivity (Wildman–Crippen MR) is 111 cm³/mol. The molecular formula is C23H17F2NS. The Morgan fingerprint density at radius 2 is 1.63 bits per heavy atom. The Kier molecular flexibility index (Phi) is 5.70. The molecule has 0 radical (unpaired) electrons. The van der Waals surface area contributed by atoms with Gasteiger partial charge in [0, 0.05) is 5.56 Å². The van der Waals surface area contributed by atoms with Gasteiger partial charge in [0.25, 0.3) is 0 Å². The van der Waals surface area contributed by atoms with Crippen molar-refractivity contribution in [2.75, 3.05) is 0 Å². The van der Waals surface area contributed by atoms with Crippen LogP contribution < -0.4 is 0 Å². The Morgan fingerprint density at radius 3 is 2.26 bits per heavy atom. The van der Waals surface area contributed by atoms with Gasteiger partial charge < -0.3 is 0 Å². The number of rotatable bonds is 4. The van der Waals surface area contributed by atoms with Gasteiger partial charge in [-0.15, -0.1) is 0 Å². The van der Waals surface area contributed by atoms with E-state index in [0.29, 0.717) is 16.7 Å². The van der Waals surface area contributed by atoms with Crippen LogP contribution in [0.1, 0.15) is 23.6 Å². The van der Waals surface area contributed by atoms with Crippen LogP contribution in [0.2, 0.25) is 0 Å². The third-order valence-corrected chi connectivity index (χ3v) is 4.39. The van der Waals surface area contributed by atoms with Crippen molar-refractivity contribution in [1.82, 2.24) is 0 Å². The second-order valence-electron chi connectivity index (χ2n) is 6.30. The van der Waals surface area contributed by atoms with E-state index in [0.717, 1.165) is 16.7 Å².